The van der Waals surface area contributed by atoms with Crippen molar-refractivity contribution < 1.29 is 17.9 Å². The molecule has 0 amide bonds. The second-order valence-electron chi connectivity index (χ2n) is 2.83. The second kappa shape index (κ2) is 3.04. The van der Waals surface area contributed by atoms with Gasteiger partial charge in [-0.3, -0.25) is 0 Å². The standard InChI is InChI=1S/C8H6F3N3O/c9-8(10,11)15-7-4(12)1-2-5-6(7)14-3-13-5/h1-3H,12H2,(H,13,14). The van der Waals surface area contributed by atoms with Crippen molar-refractivity contribution in [2.24, 2.45) is 0 Å². The lowest BCUT2D eigenvalue weighted by molar-refractivity contribution is -0.273. The van der Waals surface area contributed by atoms with Crippen LogP contribution >= 0.6 is 0 Å². The Kier molecular flexibility index (Phi) is 1.95. The van der Waals surface area contributed by atoms with Crippen LogP contribution in [0.4, 0.5) is 18.9 Å². The summed E-state index contributed by atoms with van der Waals surface area (Å²) in [5.74, 6) is -0.471. The van der Waals surface area contributed by atoms with Crippen molar-refractivity contribution in [1.82, 2.24) is 9.97 Å². The fourth-order valence-electron chi connectivity index (χ4n) is 1.22. The zero-order valence-electron chi connectivity index (χ0n) is 7.30. The highest BCUT2D eigenvalue weighted by atomic mass is 19.4. The molecular formula is C8H6F3N3O. The van der Waals surface area contributed by atoms with Gasteiger partial charge in [0.15, 0.2) is 5.75 Å². The SMILES string of the molecule is Nc1ccc2[nH]cnc2c1OC(F)(F)F. The number of ether oxygens (including phenoxy) is 1. The Balaban J connectivity index is 2.56. The largest absolute Gasteiger partial charge is 0.573 e. The van der Waals surface area contributed by atoms with E-state index in [1.807, 2.05) is 0 Å². The lowest BCUT2D eigenvalue weighted by Crippen LogP contribution is -2.18. The predicted octanol–water partition coefficient (Wildman–Crippen LogP) is 2.04. The van der Waals surface area contributed by atoms with E-state index < -0.39 is 12.1 Å². The number of hydrogen-bond donors (Lipinski definition) is 2. The maximum absolute atomic E-state index is 12.0. The van der Waals surface area contributed by atoms with E-state index in [0.29, 0.717) is 5.52 Å². The third-order valence-corrected chi connectivity index (χ3v) is 1.79. The molecule has 2 aromatic rings. The number of hydrogen-bond acceptors (Lipinski definition) is 3. The molecule has 80 valence electrons. The Morgan fingerprint density at radius 3 is 2.73 bits per heavy atom. The van der Waals surface area contributed by atoms with E-state index in [1.54, 1.807) is 0 Å². The van der Waals surface area contributed by atoms with Gasteiger partial charge in [0.25, 0.3) is 0 Å². The van der Waals surface area contributed by atoms with E-state index in [2.05, 4.69) is 14.7 Å². The monoisotopic (exact) mass is 217 g/mol. The van der Waals surface area contributed by atoms with Gasteiger partial charge in [0.1, 0.15) is 5.52 Å². The number of benzene rings is 1. The topological polar surface area (TPSA) is 63.9 Å². The minimum absolute atomic E-state index is 0.0623. The third kappa shape index (κ3) is 1.80. The highest BCUT2D eigenvalue weighted by Gasteiger charge is 2.33. The molecule has 0 spiro atoms. The Bertz CT molecular complexity index is 491. The number of nitrogens with one attached hydrogen (secondary N) is 1. The van der Waals surface area contributed by atoms with Gasteiger partial charge in [-0.05, 0) is 12.1 Å². The molecule has 0 radical (unpaired) electrons. The van der Waals surface area contributed by atoms with Crippen LogP contribution in [-0.2, 0) is 0 Å². The van der Waals surface area contributed by atoms with E-state index >= 15 is 0 Å². The molecule has 1 aromatic heterocycles. The molecule has 0 saturated heterocycles. The molecule has 1 heterocycles. The summed E-state index contributed by atoms with van der Waals surface area (Å²) in [5.41, 5.74) is 5.77. The van der Waals surface area contributed by atoms with Crippen molar-refractivity contribution in [3.05, 3.63) is 18.5 Å². The molecule has 0 aliphatic heterocycles. The smallest absolute Gasteiger partial charge is 0.401 e. The Morgan fingerprint density at radius 2 is 2.07 bits per heavy atom. The molecule has 4 nitrogen and oxygen atoms in total. The number of aromatic nitrogens is 2. The summed E-state index contributed by atoms with van der Waals surface area (Å²) in [6.45, 7) is 0. The lowest BCUT2D eigenvalue weighted by atomic mass is 10.2. The Labute approximate surface area is 81.9 Å². The van der Waals surface area contributed by atoms with Crippen LogP contribution in [0.1, 0.15) is 0 Å². The van der Waals surface area contributed by atoms with Crippen molar-refractivity contribution in [2.75, 3.05) is 5.73 Å². The normalized spacial score (nSPS) is 11.9. The molecular weight excluding hydrogens is 211 g/mol. The van der Waals surface area contributed by atoms with Gasteiger partial charge < -0.3 is 15.5 Å². The van der Waals surface area contributed by atoms with Crippen LogP contribution in [0.25, 0.3) is 11.0 Å². The van der Waals surface area contributed by atoms with E-state index in [-0.39, 0.29) is 11.2 Å². The number of aromatic amines is 1. The number of nitrogens with zero attached hydrogens (tertiary/aromatic N) is 1. The zero-order chi connectivity index (χ0) is 11.1. The third-order valence-electron chi connectivity index (χ3n) is 1.79. The molecule has 0 saturated carbocycles. The molecule has 0 aliphatic rings. The van der Waals surface area contributed by atoms with E-state index in [4.69, 9.17) is 5.73 Å². The molecule has 2 rings (SSSR count). The first-order valence-corrected chi connectivity index (χ1v) is 3.95. The fourth-order valence-corrected chi connectivity index (χ4v) is 1.22. The van der Waals surface area contributed by atoms with Crippen LogP contribution < -0.4 is 10.5 Å². The van der Waals surface area contributed by atoms with E-state index in [9.17, 15) is 13.2 Å². The maximum Gasteiger partial charge on any atom is 0.573 e. The average molecular weight is 217 g/mol. The van der Waals surface area contributed by atoms with Crippen molar-refractivity contribution in [1.29, 1.82) is 0 Å². The minimum Gasteiger partial charge on any atom is -0.401 e. The molecule has 0 bridgehead atoms. The van der Waals surface area contributed by atoms with Crippen LogP contribution in [0.5, 0.6) is 5.75 Å². The van der Waals surface area contributed by atoms with Gasteiger partial charge in [0.05, 0.1) is 17.5 Å². The summed E-state index contributed by atoms with van der Waals surface area (Å²) in [6, 6.07) is 2.85. The average Bonchev–Trinajstić information content (AvgIpc) is 2.56. The van der Waals surface area contributed by atoms with E-state index in [0.717, 1.165) is 0 Å². The number of nitrogens with two attached hydrogens (primary N) is 1. The van der Waals surface area contributed by atoms with Gasteiger partial charge in [-0.2, -0.15) is 0 Å². The molecule has 1 aromatic carbocycles. The predicted molar refractivity (Wildman–Crippen MR) is 47.2 cm³/mol. The van der Waals surface area contributed by atoms with Crippen molar-refractivity contribution in [3.63, 3.8) is 0 Å². The van der Waals surface area contributed by atoms with Crippen molar-refractivity contribution >= 4 is 16.7 Å². The summed E-state index contributed by atoms with van der Waals surface area (Å²) < 4.78 is 39.9. The first kappa shape index (κ1) is 9.63. The van der Waals surface area contributed by atoms with Crippen molar-refractivity contribution in [3.8, 4) is 5.75 Å². The summed E-state index contributed by atoms with van der Waals surface area (Å²) in [7, 11) is 0. The number of imidazole rings is 1. The van der Waals surface area contributed by atoms with Gasteiger partial charge in [-0.1, -0.05) is 0 Å². The van der Waals surface area contributed by atoms with Crippen molar-refractivity contribution in [2.45, 2.75) is 6.36 Å². The molecule has 7 heteroatoms. The second-order valence-corrected chi connectivity index (χ2v) is 2.83. The first-order chi connectivity index (χ1) is 6.97. The van der Waals surface area contributed by atoms with Gasteiger partial charge in [0, 0.05) is 0 Å². The highest BCUT2D eigenvalue weighted by Crippen LogP contribution is 2.33. The summed E-state index contributed by atoms with van der Waals surface area (Å²) >= 11 is 0. The van der Waals surface area contributed by atoms with Gasteiger partial charge in [-0.15, -0.1) is 13.2 Å². The Morgan fingerprint density at radius 1 is 1.33 bits per heavy atom. The van der Waals surface area contributed by atoms with Crippen LogP contribution in [0.2, 0.25) is 0 Å². The molecule has 0 aliphatic carbocycles. The lowest BCUT2D eigenvalue weighted by Gasteiger charge is -2.11. The summed E-state index contributed by atoms with van der Waals surface area (Å²) in [6.07, 6.45) is -3.51. The maximum atomic E-state index is 12.0. The highest BCUT2D eigenvalue weighted by molar-refractivity contribution is 5.87. The number of halogens is 3. The van der Waals surface area contributed by atoms with E-state index in [1.165, 1.54) is 18.5 Å². The number of anilines is 1. The molecule has 0 fully saturated rings. The number of rotatable bonds is 1. The van der Waals surface area contributed by atoms with Gasteiger partial charge in [-0.25, -0.2) is 4.98 Å². The van der Waals surface area contributed by atoms with Crippen LogP contribution in [-0.4, -0.2) is 16.3 Å². The fraction of sp³-hybridized carbons (Fsp3) is 0.125. The van der Waals surface area contributed by atoms with Gasteiger partial charge in [0.2, 0.25) is 0 Å². The molecule has 0 unspecified atom stereocenters. The first-order valence-electron chi connectivity index (χ1n) is 3.95. The van der Waals surface area contributed by atoms with Gasteiger partial charge >= 0.3 is 6.36 Å². The van der Waals surface area contributed by atoms with Crippen LogP contribution in [0.15, 0.2) is 18.5 Å². The molecule has 15 heavy (non-hydrogen) atoms. The Hall–Kier alpha value is -1.92. The van der Waals surface area contributed by atoms with Crippen LogP contribution in [0.3, 0.4) is 0 Å². The summed E-state index contributed by atoms with van der Waals surface area (Å²) in [5, 5.41) is 0. The quantitative estimate of drug-likeness (QED) is 0.718. The summed E-state index contributed by atoms with van der Waals surface area (Å²) in [4.78, 5) is 6.36. The number of H-pyrrole nitrogens is 1. The minimum atomic E-state index is -4.78. The number of nitrogen functional groups attached to an aromatic ring is 1. The molecule has 3 N–H and O–H groups in total. The number of fused-ring (bicyclic) bond motifs is 1. The zero-order valence-corrected chi connectivity index (χ0v) is 7.30. The van der Waals surface area contributed by atoms with Crippen LogP contribution in [0, 0.1) is 0 Å². The molecule has 0 atom stereocenters. The number of alkyl halides is 3.